The lowest BCUT2D eigenvalue weighted by Crippen LogP contribution is -2.20. The molecule has 0 spiro atoms. The van der Waals surface area contributed by atoms with Crippen molar-refractivity contribution < 1.29 is 14.3 Å². The molecule has 0 bridgehead atoms. The summed E-state index contributed by atoms with van der Waals surface area (Å²) in [6, 6.07) is 25.1. The molecule has 0 aliphatic heterocycles. The van der Waals surface area contributed by atoms with Crippen LogP contribution in [-0.4, -0.2) is 23.3 Å². The van der Waals surface area contributed by atoms with Crippen LogP contribution in [0.3, 0.4) is 0 Å². The molecule has 3 aromatic carbocycles. The number of nitrogens with one attached hydrogen (secondary N) is 1. The maximum Gasteiger partial charge on any atom is 0.264 e. The van der Waals surface area contributed by atoms with Crippen molar-refractivity contribution >= 4 is 39.8 Å². The van der Waals surface area contributed by atoms with E-state index in [1.54, 1.807) is 36.4 Å². The predicted octanol–water partition coefficient (Wildman–Crippen LogP) is 5.71. The lowest BCUT2D eigenvalue weighted by atomic mass is 10.1. The number of nitrogens with zero attached hydrogens (tertiary/aromatic N) is 1. The minimum absolute atomic E-state index is 0.144. The number of hydrogen-bond acceptors (Lipinski definition) is 5. The summed E-state index contributed by atoms with van der Waals surface area (Å²) in [5.74, 6) is 0.0143. The molecule has 4 aromatic rings. The first-order valence-electron chi connectivity index (χ1n) is 9.44. The van der Waals surface area contributed by atoms with Gasteiger partial charge in [0.2, 0.25) is 5.78 Å². The molecule has 0 atom stereocenters. The average molecular weight is 449 g/mol. The van der Waals surface area contributed by atoms with E-state index in [-0.39, 0.29) is 18.3 Å². The van der Waals surface area contributed by atoms with Crippen LogP contribution < -0.4 is 10.1 Å². The third kappa shape index (κ3) is 5.17. The molecule has 154 valence electrons. The van der Waals surface area contributed by atoms with Crippen LogP contribution in [0.4, 0.5) is 5.13 Å². The quantitative estimate of drug-likeness (QED) is 0.367. The van der Waals surface area contributed by atoms with Crippen LogP contribution in [0.1, 0.15) is 15.2 Å². The van der Waals surface area contributed by atoms with Crippen LogP contribution in [0.5, 0.6) is 5.75 Å². The normalized spacial score (nSPS) is 10.5. The van der Waals surface area contributed by atoms with E-state index >= 15 is 0 Å². The van der Waals surface area contributed by atoms with Crippen molar-refractivity contribution in [2.24, 2.45) is 0 Å². The van der Waals surface area contributed by atoms with Gasteiger partial charge in [0.25, 0.3) is 5.91 Å². The van der Waals surface area contributed by atoms with E-state index in [1.807, 2.05) is 48.5 Å². The van der Waals surface area contributed by atoms with Gasteiger partial charge in [-0.3, -0.25) is 14.9 Å². The molecule has 4 rings (SSSR count). The van der Waals surface area contributed by atoms with Crippen molar-refractivity contribution in [3.05, 3.63) is 100 Å². The molecule has 0 saturated heterocycles. The van der Waals surface area contributed by atoms with Gasteiger partial charge in [-0.15, -0.1) is 0 Å². The van der Waals surface area contributed by atoms with Gasteiger partial charge in [-0.2, -0.15) is 0 Å². The number of halogens is 1. The first-order chi connectivity index (χ1) is 15.1. The molecule has 0 radical (unpaired) electrons. The number of carbonyl (C=O) groups is 2. The Bertz CT molecular complexity index is 1190. The molecule has 0 fully saturated rings. The van der Waals surface area contributed by atoms with Crippen LogP contribution in [-0.2, 0) is 4.79 Å². The van der Waals surface area contributed by atoms with Gasteiger partial charge in [0.15, 0.2) is 11.7 Å². The summed E-state index contributed by atoms with van der Waals surface area (Å²) in [5, 5.41) is 3.65. The molecule has 7 heteroatoms. The van der Waals surface area contributed by atoms with E-state index in [0.717, 1.165) is 16.9 Å². The number of anilines is 1. The molecule has 0 saturated carbocycles. The van der Waals surface area contributed by atoms with Crippen molar-refractivity contribution in [3.8, 4) is 17.0 Å². The second-order valence-corrected chi connectivity index (χ2v) is 7.98. The van der Waals surface area contributed by atoms with Crippen molar-refractivity contribution in [2.45, 2.75) is 0 Å². The van der Waals surface area contributed by atoms with E-state index in [4.69, 9.17) is 16.3 Å². The topological polar surface area (TPSA) is 68.3 Å². The zero-order valence-electron chi connectivity index (χ0n) is 16.2. The molecule has 1 aromatic heterocycles. The number of rotatable bonds is 7. The highest BCUT2D eigenvalue weighted by molar-refractivity contribution is 7.18. The monoisotopic (exact) mass is 448 g/mol. The van der Waals surface area contributed by atoms with Gasteiger partial charge in [-0.05, 0) is 24.3 Å². The van der Waals surface area contributed by atoms with E-state index in [2.05, 4.69) is 10.3 Å². The van der Waals surface area contributed by atoms with E-state index in [9.17, 15) is 9.59 Å². The summed E-state index contributed by atoms with van der Waals surface area (Å²) in [5.41, 5.74) is 1.90. The number of ketones is 1. The molecule has 1 heterocycles. The number of hydrogen-bond donors (Lipinski definition) is 1. The number of thiazole rings is 1. The summed E-state index contributed by atoms with van der Waals surface area (Å²) >= 11 is 6.99. The number of benzene rings is 3. The van der Waals surface area contributed by atoms with Crippen LogP contribution in [0.15, 0.2) is 84.9 Å². The van der Waals surface area contributed by atoms with E-state index in [1.165, 1.54) is 0 Å². The fourth-order valence-corrected chi connectivity index (χ4v) is 3.97. The Morgan fingerprint density at radius 2 is 1.55 bits per heavy atom. The van der Waals surface area contributed by atoms with E-state index < -0.39 is 0 Å². The Morgan fingerprint density at radius 1 is 0.903 bits per heavy atom. The van der Waals surface area contributed by atoms with Crippen LogP contribution in [0, 0.1) is 0 Å². The standard InChI is InChI=1S/C24H17ClN2O3S/c25-18-11-13-19(14-12-18)30-15-20(28)26-24-27-21(16-7-3-1-4-8-16)23(31-24)22(29)17-9-5-2-6-10-17/h1-14H,15H2,(H,26,27,28). The Labute approximate surface area is 188 Å². The van der Waals surface area contributed by atoms with Crippen molar-refractivity contribution in [1.82, 2.24) is 4.98 Å². The summed E-state index contributed by atoms with van der Waals surface area (Å²) in [6.45, 7) is -0.191. The van der Waals surface area contributed by atoms with Gasteiger partial charge in [-0.25, -0.2) is 4.98 Å². The largest absolute Gasteiger partial charge is 0.484 e. The third-order valence-electron chi connectivity index (χ3n) is 4.35. The van der Waals surface area contributed by atoms with Gasteiger partial charge >= 0.3 is 0 Å². The van der Waals surface area contributed by atoms with Crippen molar-refractivity contribution in [1.29, 1.82) is 0 Å². The minimum atomic E-state index is -0.373. The van der Waals surface area contributed by atoms with Gasteiger partial charge < -0.3 is 4.74 Å². The molecule has 1 N–H and O–H groups in total. The molecule has 5 nitrogen and oxygen atoms in total. The fourth-order valence-electron chi connectivity index (χ4n) is 2.87. The zero-order chi connectivity index (χ0) is 21.6. The highest BCUT2D eigenvalue weighted by Gasteiger charge is 2.21. The molecule has 1 amide bonds. The molecule has 0 aliphatic rings. The number of aromatic nitrogens is 1. The highest BCUT2D eigenvalue weighted by atomic mass is 35.5. The number of ether oxygens (including phenoxy) is 1. The molecule has 0 aliphatic carbocycles. The third-order valence-corrected chi connectivity index (χ3v) is 5.57. The molecular weight excluding hydrogens is 432 g/mol. The number of carbonyl (C=O) groups excluding carboxylic acids is 2. The van der Waals surface area contributed by atoms with Gasteiger partial charge in [0.05, 0.1) is 5.69 Å². The van der Waals surface area contributed by atoms with Gasteiger partial charge in [0, 0.05) is 16.1 Å². The smallest absolute Gasteiger partial charge is 0.264 e. The van der Waals surface area contributed by atoms with Gasteiger partial charge in [-0.1, -0.05) is 83.6 Å². The van der Waals surface area contributed by atoms with Crippen LogP contribution >= 0.6 is 22.9 Å². The Morgan fingerprint density at radius 3 is 2.23 bits per heavy atom. The second-order valence-electron chi connectivity index (χ2n) is 6.55. The first-order valence-corrected chi connectivity index (χ1v) is 10.6. The summed E-state index contributed by atoms with van der Waals surface area (Å²) in [6.07, 6.45) is 0. The van der Waals surface area contributed by atoms with Crippen LogP contribution in [0.2, 0.25) is 5.02 Å². The molecule has 0 unspecified atom stereocenters. The van der Waals surface area contributed by atoms with Crippen molar-refractivity contribution in [3.63, 3.8) is 0 Å². The maximum absolute atomic E-state index is 13.1. The Hall–Kier alpha value is -3.48. The maximum atomic E-state index is 13.1. The first kappa shape index (κ1) is 20.8. The second kappa shape index (κ2) is 9.55. The Balaban J connectivity index is 1.55. The molecular formula is C24H17ClN2O3S. The summed E-state index contributed by atoms with van der Waals surface area (Å²) in [7, 11) is 0. The van der Waals surface area contributed by atoms with Gasteiger partial charge in [0.1, 0.15) is 10.6 Å². The summed E-state index contributed by atoms with van der Waals surface area (Å²) in [4.78, 5) is 30.5. The zero-order valence-corrected chi connectivity index (χ0v) is 17.8. The van der Waals surface area contributed by atoms with E-state index in [0.29, 0.717) is 32.0 Å². The highest BCUT2D eigenvalue weighted by Crippen LogP contribution is 2.33. The lowest BCUT2D eigenvalue weighted by molar-refractivity contribution is -0.118. The number of amides is 1. The fraction of sp³-hybridized carbons (Fsp3) is 0.0417. The molecule has 31 heavy (non-hydrogen) atoms. The average Bonchev–Trinajstić information content (AvgIpc) is 3.23. The predicted molar refractivity (Wildman–Crippen MR) is 123 cm³/mol. The summed E-state index contributed by atoms with van der Waals surface area (Å²) < 4.78 is 5.47. The SMILES string of the molecule is O=C(COc1ccc(Cl)cc1)Nc1nc(-c2ccccc2)c(C(=O)c2ccccc2)s1. The lowest BCUT2D eigenvalue weighted by Gasteiger charge is -2.05. The van der Waals surface area contributed by atoms with Crippen molar-refractivity contribution in [2.75, 3.05) is 11.9 Å². The van der Waals surface area contributed by atoms with Crippen LogP contribution in [0.25, 0.3) is 11.3 Å². The Kier molecular flexibility index (Phi) is 6.40. The minimum Gasteiger partial charge on any atom is -0.484 e.